The lowest BCUT2D eigenvalue weighted by atomic mass is 9.98. The lowest BCUT2D eigenvalue weighted by Gasteiger charge is -2.11. The van der Waals surface area contributed by atoms with Gasteiger partial charge in [-0.25, -0.2) is 4.98 Å². The number of amides is 1. The molecule has 194 valence electrons. The predicted octanol–water partition coefficient (Wildman–Crippen LogP) is 4.48. The van der Waals surface area contributed by atoms with Gasteiger partial charge in [-0.05, 0) is 42.3 Å². The van der Waals surface area contributed by atoms with Gasteiger partial charge < -0.3 is 20.4 Å². The summed E-state index contributed by atoms with van der Waals surface area (Å²) in [6.45, 7) is 6.70. The minimum absolute atomic E-state index is 0.251. The predicted molar refractivity (Wildman–Crippen MR) is 149 cm³/mol. The van der Waals surface area contributed by atoms with Crippen LogP contribution in [0.2, 0.25) is 0 Å². The maximum Gasteiger partial charge on any atom is 0.270 e. The average Bonchev–Trinajstić information content (AvgIpc) is 3.57. The van der Waals surface area contributed by atoms with Crippen LogP contribution in [0.25, 0.3) is 44.8 Å². The van der Waals surface area contributed by atoms with Gasteiger partial charge in [0.2, 0.25) is 0 Å². The molecule has 0 saturated heterocycles. The molecule has 0 aliphatic rings. The van der Waals surface area contributed by atoms with Gasteiger partial charge in [0.1, 0.15) is 17.1 Å². The Morgan fingerprint density at radius 3 is 2.68 bits per heavy atom. The van der Waals surface area contributed by atoms with Crippen LogP contribution in [0.15, 0.2) is 60.9 Å². The Bertz CT molecular complexity index is 1560. The van der Waals surface area contributed by atoms with Crippen LogP contribution < -0.4 is 10.6 Å². The topological polar surface area (TPSA) is 121 Å². The highest BCUT2D eigenvalue weighted by molar-refractivity contribution is 6.00. The number of aromatic amines is 2. The number of ether oxygens (including phenoxy) is 1. The Morgan fingerprint density at radius 1 is 1.05 bits per heavy atom. The zero-order chi connectivity index (χ0) is 26.5. The number of imidazole rings is 1. The largest absolute Gasteiger partial charge is 0.383 e. The van der Waals surface area contributed by atoms with Crippen LogP contribution in [0.4, 0.5) is 0 Å². The molecule has 0 radical (unpaired) electrons. The molecule has 5 rings (SSSR count). The number of carbonyl (C=O) groups is 1. The number of nitrogens with one attached hydrogen (secondary N) is 4. The molecule has 4 N–H and O–H groups in total. The van der Waals surface area contributed by atoms with Crippen molar-refractivity contribution in [1.29, 1.82) is 0 Å². The zero-order valence-corrected chi connectivity index (χ0v) is 21.8. The normalized spacial score (nSPS) is 11.2. The van der Waals surface area contributed by atoms with Crippen molar-refractivity contribution < 1.29 is 9.53 Å². The second-order valence-electron chi connectivity index (χ2n) is 9.01. The number of fused-ring (bicyclic) bond motifs is 1. The molecule has 9 nitrogen and oxygen atoms in total. The van der Waals surface area contributed by atoms with Crippen LogP contribution in [0.5, 0.6) is 0 Å². The monoisotopic (exact) mass is 509 g/mol. The van der Waals surface area contributed by atoms with Crippen molar-refractivity contribution in [2.75, 3.05) is 26.8 Å². The molecule has 0 atom stereocenters. The molecule has 2 aromatic carbocycles. The summed E-state index contributed by atoms with van der Waals surface area (Å²) in [5.74, 6) is 0.263. The first kappa shape index (κ1) is 25.3. The van der Waals surface area contributed by atoms with Crippen LogP contribution in [0.3, 0.4) is 0 Å². The Hall–Kier alpha value is -4.34. The third-order valence-electron chi connectivity index (χ3n) is 6.55. The molecule has 3 heterocycles. The smallest absolute Gasteiger partial charge is 0.270 e. The standard InChI is InChI=1S/C29H31N7O2/c1-4-30-15-21-16-31-17-23(18(21)2)20-10-11-24-22(14-20)26(36-35-24)28-33-25(19-8-6-5-7-9-19)27(34-28)29(37)32-12-13-38-3/h5-11,14,16-17,30H,4,12-13,15H2,1-3H3,(H,32,37)(H,33,34)(H,35,36). The summed E-state index contributed by atoms with van der Waals surface area (Å²) in [4.78, 5) is 25.6. The molecule has 1 amide bonds. The van der Waals surface area contributed by atoms with Gasteiger partial charge in [-0.15, -0.1) is 0 Å². The minimum Gasteiger partial charge on any atom is -0.383 e. The fourth-order valence-corrected chi connectivity index (χ4v) is 4.47. The van der Waals surface area contributed by atoms with Crippen molar-refractivity contribution >= 4 is 16.8 Å². The fourth-order valence-electron chi connectivity index (χ4n) is 4.47. The number of carbonyl (C=O) groups excluding carboxylic acids is 1. The van der Waals surface area contributed by atoms with Crippen molar-refractivity contribution in [2.45, 2.75) is 20.4 Å². The minimum atomic E-state index is -0.251. The van der Waals surface area contributed by atoms with E-state index in [2.05, 4.69) is 56.8 Å². The van der Waals surface area contributed by atoms with E-state index in [-0.39, 0.29) is 5.91 Å². The summed E-state index contributed by atoms with van der Waals surface area (Å²) in [6.07, 6.45) is 3.81. The molecule has 3 aromatic heterocycles. The average molecular weight is 510 g/mol. The molecular weight excluding hydrogens is 478 g/mol. The first-order valence-corrected chi connectivity index (χ1v) is 12.7. The maximum absolute atomic E-state index is 13.1. The highest BCUT2D eigenvalue weighted by Crippen LogP contribution is 2.33. The summed E-state index contributed by atoms with van der Waals surface area (Å²) >= 11 is 0. The molecule has 0 unspecified atom stereocenters. The molecule has 0 spiro atoms. The van der Waals surface area contributed by atoms with E-state index in [0.29, 0.717) is 36.1 Å². The van der Waals surface area contributed by atoms with E-state index in [1.807, 2.05) is 48.8 Å². The van der Waals surface area contributed by atoms with E-state index >= 15 is 0 Å². The van der Waals surface area contributed by atoms with Crippen molar-refractivity contribution in [3.8, 4) is 33.9 Å². The number of benzene rings is 2. The van der Waals surface area contributed by atoms with Crippen LogP contribution in [0, 0.1) is 6.92 Å². The number of methoxy groups -OCH3 is 1. The van der Waals surface area contributed by atoms with E-state index in [9.17, 15) is 4.79 Å². The molecule has 5 aromatic rings. The zero-order valence-electron chi connectivity index (χ0n) is 21.8. The first-order valence-electron chi connectivity index (χ1n) is 12.7. The fraction of sp³-hybridized carbons (Fsp3) is 0.241. The Balaban J connectivity index is 1.57. The quantitative estimate of drug-likeness (QED) is 0.206. The van der Waals surface area contributed by atoms with Crippen LogP contribution in [-0.4, -0.2) is 57.9 Å². The molecular formula is C29H31N7O2. The van der Waals surface area contributed by atoms with Crippen LogP contribution >= 0.6 is 0 Å². The number of H-pyrrole nitrogens is 2. The van der Waals surface area contributed by atoms with E-state index in [4.69, 9.17) is 9.72 Å². The van der Waals surface area contributed by atoms with Gasteiger partial charge in [0.25, 0.3) is 5.91 Å². The molecule has 0 aliphatic carbocycles. The van der Waals surface area contributed by atoms with Gasteiger partial charge in [-0.2, -0.15) is 5.10 Å². The summed E-state index contributed by atoms with van der Waals surface area (Å²) in [6, 6.07) is 15.8. The number of hydrogen-bond acceptors (Lipinski definition) is 6. The van der Waals surface area contributed by atoms with E-state index in [0.717, 1.165) is 40.7 Å². The van der Waals surface area contributed by atoms with Crippen molar-refractivity contribution in [2.24, 2.45) is 0 Å². The number of nitrogens with zero attached hydrogens (tertiary/aromatic N) is 3. The molecule has 0 fully saturated rings. The van der Waals surface area contributed by atoms with Gasteiger partial charge in [0, 0.05) is 49.1 Å². The Kier molecular flexibility index (Phi) is 7.57. The Morgan fingerprint density at radius 2 is 1.89 bits per heavy atom. The molecule has 9 heteroatoms. The van der Waals surface area contributed by atoms with Crippen molar-refractivity contribution in [3.63, 3.8) is 0 Å². The molecule has 0 aliphatic heterocycles. The number of aromatic nitrogens is 5. The summed E-state index contributed by atoms with van der Waals surface area (Å²) in [7, 11) is 1.60. The van der Waals surface area contributed by atoms with Gasteiger partial charge in [-0.1, -0.05) is 43.3 Å². The van der Waals surface area contributed by atoms with Crippen LogP contribution in [0.1, 0.15) is 28.5 Å². The summed E-state index contributed by atoms with van der Waals surface area (Å²) < 4.78 is 5.08. The third kappa shape index (κ3) is 5.06. The summed E-state index contributed by atoms with van der Waals surface area (Å²) in [5.41, 5.74) is 7.76. The van der Waals surface area contributed by atoms with Gasteiger partial charge in [-0.3, -0.25) is 14.9 Å². The van der Waals surface area contributed by atoms with E-state index < -0.39 is 0 Å². The first-order chi connectivity index (χ1) is 18.6. The second-order valence-corrected chi connectivity index (χ2v) is 9.01. The molecule has 0 saturated carbocycles. The molecule has 0 bridgehead atoms. The Labute approximate surface area is 221 Å². The summed E-state index contributed by atoms with van der Waals surface area (Å²) in [5, 5.41) is 14.8. The van der Waals surface area contributed by atoms with E-state index in [1.165, 1.54) is 11.1 Å². The highest BCUT2D eigenvalue weighted by Gasteiger charge is 2.22. The second kappa shape index (κ2) is 11.4. The van der Waals surface area contributed by atoms with Crippen LogP contribution in [-0.2, 0) is 11.3 Å². The molecule has 38 heavy (non-hydrogen) atoms. The van der Waals surface area contributed by atoms with E-state index in [1.54, 1.807) is 7.11 Å². The van der Waals surface area contributed by atoms with Crippen molar-refractivity contribution in [1.82, 2.24) is 35.8 Å². The number of rotatable bonds is 10. The van der Waals surface area contributed by atoms with Gasteiger partial charge >= 0.3 is 0 Å². The SMILES string of the molecule is CCNCc1cncc(-c2ccc3[nH]nc(-c4nc(-c5ccccc5)c(C(=O)NCCOC)[nH]4)c3c2)c1C. The number of hydrogen-bond donors (Lipinski definition) is 4. The van der Waals surface area contributed by atoms with Crippen molar-refractivity contribution in [3.05, 3.63) is 77.7 Å². The maximum atomic E-state index is 13.1. The number of pyridine rings is 1. The lowest BCUT2D eigenvalue weighted by molar-refractivity contribution is 0.0933. The third-order valence-corrected chi connectivity index (χ3v) is 6.55. The van der Waals surface area contributed by atoms with Gasteiger partial charge in [0.05, 0.1) is 12.1 Å². The van der Waals surface area contributed by atoms with Gasteiger partial charge in [0.15, 0.2) is 5.82 Å². The highest BCUT2D eigenvalue weighted by atomic mass is 16.5. The lowest BCUT2D eigenvalue weighted by Crippen LogP contribution is -2.27.